The number of pyridine rings is 1. The molecule has 45 heavy (non-hydrogen) atoms. The van der Waals surface area contributed by atoms with Crippen LogP contribution in [0.15, 0.2) is 30.5 Å². The van der Waals surface area contributed by atoms with E-state index in [-0.39, 0.29) is 45.8 Å². The second-order valence-corrected chi connectivity index (χ2v) is 12.1. The molecular weight excluding hydrogens is 584 g/mol. The minimum atomic E-state index is -1.88. The number of anilines is 1. The lowest BCUT2D eigenvalue weighted by atomic mass is 9.77. The van der Waals surface area contributed by atoms with Crippen molar-refractivity contribution < 1.29 is 28.0 Å². The lowest BCUT2D eigenvalue weighted by Gasteiger charge is -2.31. The van der Waals surface area contributed by atoms with Crippen LogP contribution in [0.2, 0.25) is 0 Å². The fourth-order valence-corrected chi connectivity index (χ4v) is 7.11. The second-order valence-electron chi connectivity index (χ2n) is 12.1. The molecule has 3 aliphatic heterocycles. The molecule has 13 heteroatoms. The number of halogens is 3. The Morgan fingerprint density at radius 1 is 1.13 bits per heavy atom. The number of ether oxygens (including phenoxy) is 1. The molecule has 2 aromatic carbocycles. The summed E-state index contributed by atoms with van der Waals surface area (Å²) in [6.07, 6.45) is 11.2. The summed E-state index contributed by atoms with van der Waals surface area (Å²) in [6, 6.07) is 5.35. The maximum Gasteiger partial charge on any atom is 0.488 e. The molecule has 0 bridgehead atoms. The molecule has 9 nitrogen and oxygen atoms in total. The zero-order chi connectivity index (χ0) is 31.3. The van der Waals surface area contributed by atoms with Crippen LogP contribution in [0, 0.1) is 24.0 Å². The summed E-state index contributed by atoms with van der Waals surface area (Å²) in [5.41, 5.74) is 2.64. The molecule has 0 unspecified atom stereocenters. The minimum Gasteiger partial charge on any atom is -0.461 e. The Labute approximate surface area is 258 Å². The third kappa shape index (κ3) is 5.25. The monoisotopic (exact) mass is 616 g/mol. The Hall–Kier alpha value is -3.96. The number of hydrogen-bond acceptors (Lipinski definition) is 9. The minimum absolute atomic E-state index is 0.0529. The van der Waals surface area contributed by atoms with Gasteiger partial charge in [0.25, 0.3) is 0 Å². The van der Waals surface area contributed by atoms with Gasteiger partial charge in [0.15, 0.2) is 11.6 Å². The average Bonchev–Trinajstić information content (AvgIpc) is 3.41. The van der Waals surface area contributed by atoms with Crippen LogP contribution in [-0.2, 0) is 0 Å². The zero-order valence-corrected chi connectivity index (χ0v) is 24.6. The predicted molar refractivity (Wildman–Crippen MR) is 166 cm³/mol. The lowest BCUT2D eigenvalue weighted by molar-refractivity contribution is 0.107. The molecule has 7 rings (SSSR count). The van der Waals surface area contributed by atoms with E-state index in [1.165, 1.54) is 30.5 Å². The number of fused-ring (bicyclic) bond motifs is 3. The van der Waals surface area contributed by atoms with Crippen molar-refractivity contribution >= 4 is 40.1 Å². The Bertz CT molecular complexity index is 1830. The van der Waals surface area contributed by atoms with Gasteiger partial charge in [-0.2, -0.15) is 9.97 Å². The molecule has 3 N–H and O–H groups in total. The summed E-state index contributed by atoms with van der Waals surface area (Å²) in [5, 5.41) is 22.8. The van der Waals surface area contributed by atoms with Crippen LogP contribution in [0.5, 0.6) is 6.01 Å². The molecule has 0 radical (unpaired) electrons. The summed E-state index contributed by atoms with van der Waals surface area (Å²) in [7, 11) is -1.88. The lowest BCUT2D eigenvalue weighted by Crippen LogP contribution is -2.43. The maximum atomic E-state index is 16.8. The standard InChI is InChI=1S/C32H32BF3N6O3/c1-2-22-25(35)8-7-19-13-20(33(43)44)14-23(26(19)22)28-27(36)29-24(16-37-28)30(42-12-5-3-4-10-38-42)40-31(39-29)45-18-32-9-6-11-41(32)17-21(34)15-32/h1,7-8,13-14,16,21,38,43-44H,3-6,9-12,15,17-18H2/t21-,32+/m1/s1. The van der Waals surface area contributed by atoms with Crippen LogP contribution in [0.3, 0.4) is 0 Å². The molecule has 3 aliphatic rings. The molecule has 3 saturated heterocycles. The number of nitrogens with one attached hydrogen (secondary N) is 1. The SMILES string of the molecule is C#Cc1c(F)ccc2cc(B(O)O)cc(-c3ncc4c(N5CCCCCN5)nc(OC[C@@]56CCCN5C[C@H](F)C6)nc4c3F)c12. The molecule has 0 spiro atoms. The van der Waals surface area contributed by atoms with Crippen molar-refractivity contribution in [1.82, 2.24) is 25.3 Å². The van der Waals surface area contributed by atoms with E-state index in [0.717, 1.165) is 38.6 Å². The number of alkyl halides is 1. The van der Waals surface area contributed by atoms with E-state index in [4.69, 9.17) is 16.1 Å². The smallest absolute Gasteiger partial charge is 0.461 e. The van der Waals surface area contributed by atoms with E-state index in [1.807, 2.05) is 5.01 Å². The first-order valence-electron chi connectivity index (χ1n) is 15.3. The summed E-state index contributed by atoms with van der Waals surface area (Å²) < 4.78 is 52.3. The van der Waals surface area contributed by atoms with Gasteiger partial charge in [-0.25, -0.2) is 18.6 Å². The highest BCUT2D eigenvalue weighted by Gasteiger charge is 2.49. The normalized spacial score (nSPS) is 22.0. The fraction of sp³-hybridized carbons (Fsp3) is 0.406. The van der Waals surface area contributed by atoms with Gasteiger partial charge in [-0.15, -0.1) is 6.42 Å². The van der Waals surface area contributed by atoms with Gasteiger partial charge in [0.2, 0.25) is 0 Å². The molecular formula is C32H32BF3N6O3. The average molecular weight is 616 g/mol. The number of terminal acetylenes is 1. The fourth-order valence-electron chi connectivity index (χ4n) is 7.11. The van der Waals surface area contributed by atoms with Gasteiger partial charge in [-0.05, 0) is 49.1 Å². The third-order valence-electron chi connectivity index (χ3n) is 9.28. The Morgan fingerprint density at radius 3 is 2.82 bits per heavy atom. The molecule has 2 aromatic heterocycles. The van der Waals surface area contributed by atoms with Gasteiger partial charge >= 0.3 is 13.1 Å². The summed E-state index contributed by atoms with van der Waals surface area (Å²) in [4.78, 5) is 15.8. The molecule has 2 atom stereocenters. The van der Waals surface area contributed by atoms with E-state index >= 15 is 4.39 Å². The van der Waals surface area contributed by atoms with Crippen molar-refractivity contribution in [1.29, 1.82) is 0 Å². The van der Waals surface area contributed by atoms with Crippen molar-refractivity contribution in [2.45, 2.75) is 50.2 Å². The Balaban J connectivity index is 1.40. The zero-order valence-electron chi connectivity index (χ0n) is 24.6. The predicted octanol–water partition coefficient (Wildman–Crippen LogP) is 3.23. The number of aromatic nitrogens is 3. The quantitative estimate of drug-likeness (QED) is 0.223. The van der Waals surface area contributed by atoms with Crippen LogP contribution in [0.4, 0.5) is 19.0 Å². The molecule has 5 heterocycles. The molecule has 232 valence electrons. The summed E-state index contributed by atoms with van der Waals surface area (Å²) >= 11 is 0. The topological polar surface area (TPSA) is 107 Å². The van der Waals surface area contributed by atoms with E-state index in [9.17, 15) is 18.8 Å². The van der Waals surface area contributed by atoms with Crippen LogP contribution >= 0.6 is 0 Å². The molecule has 0 saturated carbocycles. The maximum absolute atomic E-state index is 16.8. The number of hydrazine groups is 1. The van der Waals surface area contributed by atoms with Gasteiger partial charge < -0.3 is 14.8 Å². The van der Waals surface area contributed by atoms with E-state index in [1.54, 1.807) is 0 Å². The summed E-state index contributed by atoms with van der Waals surface area (Å²) in [5.74, 6) is 1.22. The molecule has 0 amide bonds. The van der Waals surface area contributed by atoms with Crippen molar-refractivity contribution in [2.75, 3.05) is 37.8 Å². The highest BCUT2D eigenvalue weighted by Crippen LogP contribution is 2.41. The van der Waals surface area contributed by atoms with Crippen LogP contribution in [-0.4, -0.2) is 81.5 Å². The van der Waals surface area contributed by atoms with Crippen molar-refractivity contribution in [3.05, 3.63) is 47.7 Å². The van der Waals surface area contributed by atoms with Gasteiger partial charge in [-0.1, -0.05) is 30.5 Å². The van der Waals surface area contributed by atoms with Crippen LogP contribution in [0.1, 0.15) is 44.1 Å². The van der Waals surface area contributed by atoms with Crippen LogP contribution < -0.4 is 20.6 Å². The van der Waals surface area contributed by atoms with Crippen LogP contribution in [0.25, 0.3) is 32.9 Å². The third-order valence-corrected chi connectivity index (χ3v) is 9.28. The van der Waals surface area contributed by atoms with Gasteiger partial charge in [0.05, 0.1) is 16.5 Å². The van der Waals surface area contributed by atoms with E-state index < -0.39 is 30.5 Å². The number of rotatable bonds is 6. The first kappa shape index (κ1) is 29.7. The van der Waals surface area contributed by atoms with Crippen molar-refractivity contribution in [2.24, 2.45) is 0 Å². The van der Waals surface area contributed by atoms with Crippen molar-refractivity contribution in [3.63, 3.8) is 0 Å². The van der Waals surface area contributed by atoms with E-state index in [0.29, 0.717) is 42.6 Å². The molecule has 0 aliphatic carbocycles. The molecule has 3 fully saturated rings. The highest BCUT2D eigenvalue weighted by atomic mass is 19.1. The van der Waals surface area contributed by atoms with Crippen molar-refractivity contribution in [3.8, 4) is 29.6 Å². The second kappa shape index (κ2) is 11.8. The van der Waals surface area contributed by atoms with Gasteiger partial charge in [0.1, 0.15) is 29.8 Å². The highest BCUT2D eigenvalue weighted by molar-refractivity contribution is 6.59. The summed E-state index contributed by atoms with van der Waals surface area (Å²) in [6.45, 7) is 2.64. The van der Waals surface area contributed by atoms with E-state index in [2.05, 4.69) is 26.2 Å². The first-order chi connectivity index (χ1) is 21.8. The molecule has 4 aromatic rings. The first-order valence-corrected chi connectivity index (χ1v) is 15.3. The Kier molecular flexibility index (Phi) is 7.77. The Morgan fingerprint density at radius 2 is 2.00 bits per heavy atom. The van der Waals surface area contributed by atoms with Gasteiger partial charge in [-0.3, -0.25) is 14.9 Å². The number of benzene rings is 2. The largest absolute Gasteiger partial charge is 0.488 e. The number of hydrogen-bond donors (Lipinski definition) is 3. The number of nitrogens with zero attached hydrogens (tertiary/aromatic N) is 5. The van der Waals surface area contributed by atoms with Gasteiger partial charge in [0, 0.05) is 43.2 Å².